The Morgan fingerprint density at radius 1 is 0.950 bits per heavy atom. The maximum atomic E-state index is 8.53. The second-order valence-corrected chi connectivity index (χ2v) is 4.51. The van der Waals surface area contributed by atoms with E-state index in [0.717, 1.165) is 12.2 Å². The fourth-order valence-corrected chi connectivity index (χ4v) is 1.82. The van der Waals surface area contributed by atoms with E-state index >= 15 is 0 Å². The van der Waals surface area contributed by atoms with Gasteiger partial charge in [0.05, 0.1) is 33.0 Å². The van der Waals surface area contributed by atoms with Crippen LogP contribution in [0.1, 0.15) is 25.3 Å². The first-order valence-corrected chi connectivity index (χ1v) is 7.35. The number of unbranched alkanes of at least 4 members (excludes halogenated alkanes) is 1. The van der Waals surface area contributed by atoms with Crippen molar-refractivity contribution < 1.29 is 19.3 Å². The van der Waals surface area contributed by atoms with Gasteiger partial charge in [-0.25, -0.2) is 0 Å². The summed E-state index contributed by atoms with van der Waals surface area (Å²) in [6.45, 7) is 4.74. The maximum absolute atomic E-state index is 8.53. The molecule has 4 nitrogen and oxygen atoms in total. The number of para-hydroxylation sites is 1. The standard InChI is InChI=1S/C16H26O4/c1-2-3-6-15-7-4-5-8-16(15)20-14-13-19-12-11-18-10-9-17/h4-5,7-8,17H,2-3,6,9-14H2,1H3. The Hall–Kier alpha value is -1.10. The molecule has 0 aromatic heterocycles. The van der Waals surface area contributed by atoms with Gasteiger partial charge in [-0.05, 0) is 24.5 Å². The first-order valence-electron chi connectivity index (χ1n) is 7.35. The van der Waals surface area contributed by atoms with Crippen LogP contribution in [0.3, 0.4) is 0 Å². The lowest BCUT2D eigenvalue weighted by molar-refractivity contribution is 0.0246. The second kappa shape index (κ2) is 11.7. The van der Waals surface area contributed by atoms with Gasteiger partial charge in [0.15, 0.2) is 0 Å². The molecule has 114 valence electrons. The molecule has 1 aromatic rings. The third-order valence-corrected chi connectivity index (χ3v) is 2.87. The predicted octanol–water partition coefficient (Wildman–Crippen LogP) is 2.43. The van der Waals surface area contributed by atoms with Crippen molar-refractivity contribution in [2.45, 2.75) is 26.2 Å². The van der Waals surface area contributed by atoms with Gasteiger partial charge in [-0.3, -0.25) is 0 Å². The molecular formula is C16H26O4. The minimum Gasteiger partial charge on any atom is -0.491 e. The van der Waals surface area contributed by atoms with Crippen LogP contribution in [0.2, 0.25) is 0 Å². The van der Waals surface area contributed by atoms with Gasteiger partial charge in [0.2, 0.25) is 0 Å². The molecule has 0 heterocycles. The molecule has 20 heavy (non-hydrogen) atoms. The Bertz CT molecular complexity index is 341. The molecule has 0 amide bonds. The van der Waals surface area contributed by atoms with Gasteiger partial charge in [0.25, 0.3) is 0 Å². The minimum atomic E-state index is 0.0532. The fraction of sp³-hybridized carbons (Fsp3) is 0.625. The lowest BCUT2D eigenvalue weighted by atomic mass is 10.1. The van der Waals surface area contributed by atoms with Crippen molar-refractivity contribution in [3.8, 4) is 5.75 Å². The first kappa shape index (κ1) is 17.0. The number of aliphatic hydroxyl groups is 1. The number of benzene rings is 1. The maximum Gasteiger partial charge on any atom is 0.122 e. The molecule has 1 aromatic carbocycles. The van der Waals surface area contributed by atoms with E-state index in [-0.39, 0.29) is 6.61 Å². The Balaban J connectivity index is 2.15. The van der Waals surface area contributed by atoms with Gasteiger partial charge in [0.1, 0.15) is 12.4 Å². The highest BCUT2D eigenvalue weighted by atomic mass is 16.5. The molecular weight excluding hydrogens is 256 g/mol. The molecule has 0 bridgehead atoms. The summed E-state index contributed by atoms with van der Waals surface area (Å²) in [5, 5.41) is 8.53. The van der Waals surface area contributed by atoms with E-state index in [1.54, 1.807) is 0 Å². The molecule has 1 rings (SSSR count). The van der Waals surface area contributed by atoms with Crippen LogP contribution in [0.4, 0.5) is 0 Å². The Kier molecular flexibility index (Phi) is 9.92. The summed E-state index contributed by atoms with van der Waals surface area (Å²) in [6.07, 6.45) is 3.42. The number of aliphatic hydroxyl groups excluding tert-OH is 1. The molecule has 0 atom stereocenters. The second-order valence-electron chi connectivity index (χ2n) is 4.51. The number of ether oxygens (including phenoxy) is 3. The largest absolute Gasteiger partial charge is 0.491 e. The van der Waals surface area contributed by atoms with Crippen LogP contribution in [-0.2, 0) is 15.9 Å². The molecule has 0 spiro atoms. The van der Waals surface area contributed by atoms with Crippen LogP contribution in [0.25, 0.3) is 0 Å². The number of hydrogen-bond acceptors (Lipinski definition) is 4. The molecule has 0 aliphatic rings. The zero-order valence-corrected chi connectivity index (χ0v) is 12.3. The van der Waals surface area contributed by atoms with Crippen molar-refractivity contribution in [2.75, 3.05) is 39.6 Å². The van der Waals surface area contributed by atoms with Gasteiger partial charge >= 0.3 is 0 Å². The Morgan fingerprint density at radius 3 is 2.40 bits per heavy atom. The van der Waals surface area contributed by atoms with Crippen LogP contribution in [0, 0.1) is 0 Å². The highest BCUT2D eigenvalue weighted by Crippen LogP contribution is 2.19. The summed E-state index contributed by atoms with van der Waals surface area (Å²) in [4.78, 5) is 0. The van der Waals surface area contributed by atoms with Gasteiger partial charge in [-0.15, -0.1) is 0 Å². The van der Waals surface area contributed by atoms with Crippen molar-refractivity contribution in [2.24, 2.45) is 0 Å². The zero-order chi connectivity index (χ0) is 14.5. The molecule has 0 saturated carbocycles. The molecule has 4 heteroatoms. The van der Waals surface area contributed by atoms with E-state index in [2.05, 4.69) is 13.0 Å². The third-order valence-electron chi connectivity index (χ3n) is 2.87. The van der Waals surface area contributed by atoms with Crippen molar-refractivity contribution in [3.05, 3.63) is 29.8 Å². The fourth-order valence-electron chi connectivity index (χ4n) is 1.82. The van der Waals surface area contributed by atoms with E-state index < -0.39 is 0 Å². The van der Waals surface area contributed by atoms with E-state index in [1.807, 2.05) is 18.2 Å². The van der Waals surface area contributed by atoms with Crippen molar-refractivity contribution in [3.63, 3.8) is 0 Å². The number of aryl methyl sites for hydroxylation is 1. The molecule has 0 saturated heterocycles. The average Bonchev–Trinajstić information content (AvgIpc) is 2.49. The quantitative estimate of drug-likeness (QED) is 0.598. The highest BCUT2D eigenvalue weighted by molar-refractivity contribution is 5.33. The first-order chi connectivity index (χ1) is 9.88. The third kappa shape index (κ3) is 7.48. The van der Waals surface area contributed by atoms with Gasteiger partial charge < -0.3 is 19.3 Å². The monoisotopic (exact) mass is 282 g/mol. The van der Waals surface area contributed by atoms with E-state index in [1.165, 1.54) is 18.4 Å². The molecule has 0 aliphatic carbocycles. The lowest BCUT2D eigenvalue weighted by Crippen LogP contribution is -2.12. The molecule has 0 unspecified atom stereocenters. The van der Waals surface area contributed by atoms with Crippen LogP contribution >= 0.6 is 0 Å². The molecule has 0 fully saturated rings. The lowest BCUT2D eigenvalue weighted by Gasteiger charge is -2.11. The Labute approximate surface area is 121 Å². The van der Waals surface area contributed by atoms with E-state index in [4.69, 9.17) is 19.3 Å². The van der Waals surface area contributed by atoms with Crippen LogP contribution in [0.15, 0.2) is 24.3 Å². The topological polar surface area (TPSA) is 47.9 Å². The summed E-state index contributed by atoms with van der Waals surface area (Å²) in [5.74, 6) is 0.959. The minimum absolute atomic E-state index is 0.0532. The number of hydrogen-bond donors (Lipinski definition) is 1. The van der Waals surface area contributed by atoms with Crippen LogP contribution < -0.4 is 4.74 Å². The van der Waals surface area contributed by atoms with Gasteiger partial charge in [-0.2, -0.15) is 0 Å². The van der Waals surface area contributed by atoms with Crippen molar-refractivity contribution >= 4 is 0 Å². The SMILES string of the molecule is CCCCc1ccccc1OCCOCCOCCO. The summed E-state index contributed by atoms with van der Waals surface area (Å²) in [6, 6.07) is 8.17. The summed E-state index contributed by atoms with van der Waals surface area (Å²) in [5.41, 5.74) is 1.26. The average molecular weight is 282 g/mol. The van der Waals surface area contributed by atoms with Crippen molar-refractivity contribution in [1.82, 2.24) is 0 Å². The molecule has 1 N–H and O–H groups in total. The zero-order valence-electron chi connectivity index (χ0n) is 12.3. The van der Waals surface area contributed by atoms with Gasteiger partial charge in [0, 0.05) is 0 Å². The van der Waals surface area contributed by atoms with Crippen LogP contribution in [-0.4, -0.2) is 44.7 Å². The summed E-state index contributed by atoms with van der Waals surface area (Å²) < 4.78 is 16.2. The Morgan fingerprint density at radius 2 is 1.65 bits per heavy atom. The van der Waals surface area contributed by atoms with E-state index in [0.29, 0.717) is 33.0 Å². The smallest absolute Gasteiger partial charge is 0.122 e. The molecule has 0 aliphatic heterocycles. The van der Waals surface area contributed by atoms with Crippen LogP contribution in [0.5, 0.6) is 5.75 Å². The summed E-state index contributed by atoms with van der Waals surface area (Å²) in [7, 11) is 0. The molecule has 0 radical (unpaired) electrons. The van der Waals surface area contributed by atoms with E-state index in [9.17, 15) is 0 Å². The normalized spacial score (nSPS) is 10.7. The summed E-state index contributed by atoms with van der Waals surface area (Å²) >= 11 is 0. The van der Waals surface area contributed by atoms with Gasteiger partial charge in [-0.1, -0.05) is 31.5 Å². The highest BCUT2D eigenvalue weighted by Gasteiger charge is 2.02. The van der Waals surface area contributed by atoms with Crippen molar-refractivity contribution in [1.29, 1.82) is 0 Å². The predicted molar refractivity (Wildman–Crippen MR) is 79.3 cm³/mol. The number of rotatable bonds is 12.